The zero-order valence-electron chi connectivity index (χ0n) is 15.6. The summed E-state index contributed by atoms with van der Waals surface area (Å²) in [6.45, 7) is 0. The zero-order chi connectivity index (χ0) is 20.4. The largest absolute Gasteiger partial charge is 0.434 e. The lowest BCUT2D eigenvalue weighted by Gasteiger charge is -2.23. The smallest absolute Gasteiger partial charge is 0.262 e. The van der Waals surface area contributed by atoms with Crippen LogP contribution in [0.3, 0.4) is 0 Å². The van der Waals surface area contributed by atoms with Gasteiger partial charge in [-0.05, 0) is 36.4 Å². The first-order valence-corrected chi connectivity index (χ1v) is 10.1. The fraction of sp³-hybridized carbons (Fsp3) is 0.211. The number of fused-ring (bicyclic) bond motifs is 1. The minimum absolute atomic E-state index is 0.0657. The van der Waals surface area contributed by atoms with Crippen molar-refractivity contribution in [2.24, 2.45) is 0 Å². The molecule has 0 radical (unpaired) electrons. The van der Waals surface area contributed by atoms with E-state index in [1.807, 2.05) is 0 Å². The second kappa shape index (κ2) is 7.74. The molecule has 0 saturated carbocycles. The molecule has 0 saturated heterocycles. The van der Waals surface area contributed by atoms with Crippen LogP contribution in [0.1, 0.15) is 0 Å². The molecule has 9 nitrogen and oxygen atoms in total. The quantitative estimate of drug-likeness (QED) is 0.654. The molecule has 0 spiro atoms. The van der Waals surface area contributed by atoms with Crippen molar-refractivity contribution < 1.29 is 22.3 Å². The van der Waals surface area contributed by atoms with E-state index in [-0.39, 0.29) is 16.8 Å². The summed E-state index contributed by atoms with van der Waals surface area (Å²) in [5.74, 6) is 0.454. The highest BCUT2D eigenvalue weighted by molar-refractivity contribution is 7.96. The normalized spacial score (nSPS) is 19.3. The molecular weight excluding hydrogens is 396 g/mol. The van der Waals surface area contributed by atoms with Gasteiger partial charge in [-0.2, -0.15) is 4.98 Å². The van der Waals surface area contributed by atoms with Crippen molar-refractivity contribution in [3.8, 4) is 11.5 Å². The number of rotatable bonds is 6. The molecule has 150 valence electrons. The number of pyridine rings is 2. The Morgan fingerprint density at radius 3 is 2.69 bits per heavy atom. The molecule has 10 heteroatoms. The maximum absolute atomic E-state index is 12.8. The van der Waals surface area contributed by atoms with Crippen LogP contribution in [0, 0.1) is 0 Å². The summed E-state index contributed by atoms with van der Waals surface area (Å²) in [7, 11) is -0.850. The van der Waals surface area contributed by atoms with Crippen LogP contribution in [-0.4, -0.2) is 49.8 Å². The van der Waals surface area contributed by atoms with Gasteiger partial charge in [0.1, 0.15) is 18.0 Å². The molecule has 0 aliphatic heterocycles. The molecule has 1 N–H and O–H groups in total. The van der Waals surface area contributed by atoms with E-state index in [4.69, 9.17) is 13.9 Å². The molecule has 3 heterocycles. The number of sulfonamides is 1. The van der Waals surface area contributed by atoms with E-state index >= 15 is 0 Å². The molecular formula is C19H18N4O5S. The summed E-state index contributed by atoms with van der Waals surface area (Å²) in [4.78, 5) is 12.6. The van der Waals surface area contributed by atoms with Gasteiger partial charge in [-0.25, -0.2) is 18.4 Å². The van der Waals surface area contributed by atoms with E-state index in [0.29, 0.717) is 22.7 Å². The molecule has 3 aromatic heterocycles. The first-order valence-electron chi connectivity index (χ1n) is 8.66. The van der Waals surface area contributed by atoms with Crippen LogP contribution in [0.4, 0.5) is 5.82 Å². The van der Waals surface area contributed by atoms with E-state index in [1.165, 1.54) is 32.6 Å². The van der Waals surface area contributed by atoms with Gasteiger partial charge in [0.2, 0.25) is 5.89 Å². The van der Waals surface area contributed by atoms with Crippen LogP contribution in [0.25, 0.3) is 22.7 Å². The van der Waals surface area contributed by atoms with Crippen LogP contribution in [-0.2, 0) is 19.5 Å². The average Bonchev–Trinajstić information content (AvgIpc) is 3.17. The van der Waals surface area contributed by atoms with Crippen molar-refractivity contribution in [1.29, 1.82) is 0 Å². The Morgan fingerprint density at radius 1 is 1.10 bits per heavy atom. The van der Waals surface area contributed by atoms with Crippen LogP contribution in [0.2, 0.25) is 0 Å². The molecule has 0 bridgehead atoms. The highest BCUT2D eigenvalue weighted by atomic mass is 32.2. The lowest BCUT2D eigenvalue weighted by molar-refractivity contribution is 0.0137. The number of allylic oxidation sites excluding steroid dienone is 1. The highest BCUT2D eigenvalue weighted by Crippen LogP contribution is 2.26. The van der Waals surface area contributed by atoms with Gasteiger partial charge in [0.05, 0.1) is 4.91 Å². The van der Waals surface area contributed by atoms with Crippen molar-refractivity contribution in [2.45, 2.75) is 12.2 Å². The third-order valence-corrected chi connectivity index (χ3v) is 5.74. The van der Waals surface area contributed by atoms with Gasteiger partial charge in [-0.15, -0.1) is 0 Å². The first-order chi connectivity index (χ1) is 14.0. The summed E-state index contributed by atoms with van der Waals surface area (Å²) in [6.07, 6.45) is 6.83. The summed E-state index contributed by atoms with van der Waals surface area (Å²) in [5, 5.41) is 0. The Bertz CT molecular complexity index is 1170. The molecule has 0 amide bonds. The third-order valence-electron chi connectivity index (χ3n) is 4.37. The fourth-order valence-corrected chi connectivity index (χ4v) is 3.99. The molecule has 2 atom stereocenters. The molecule has 2 unspecified atom stereocenters. The monoisotopic (exact) mass is 414 g/mol. The lowest BCUT2D eigenvalue weighted by atomic mass is 10.1. The number of aromatic nitrogens is 3. The Hall–Kier alpha value is -3.08. The van der Waals surface area contributed by atoms with Gasteiger partial charge >= 0.3 is 0 Å². The van der Waals surface area contributed by atoms with E-state index in [2.05, 4.69) is 19.7 Å². The fourth-order valence-electron chi connectivity index (χ4n) is 2.91. The van der Waals surface area contributed by atoms with Gasteiger partial charge < -0.3 is 13.9 Å². The first kappa shape index (κ1) is 19.2. The summed E-state index contributed by atoms with van der Waals surface area (Å²) in [5.41, 5.74) is 1.58. The SMILES string of the molecule is COC1C=CC(S(=O)(=O)Nc2cc(-c3nc4ncccc4o3)ccn2)=CC1OC. The molecule has 4 rings (SSSR count). The summed E-state index contributed by atoms with van der Waals surface area (Å²) in [6, 6.07) is 6.72. The molecule has 0 fully saturated rings. The molecule has 1 aliphatic rings. The van der Waals surface area contributed by atoms with Crippen molar-refractivity contribution >= 4 is 27.1 Å². The molecule has 3 aromatic rings. The summed E-state index contributed by atoms with van der Waals surface area (Å²) < 4.78 is 44.3. The zero-order valence-corrected chi connectivity index (χ0v) is 16.5. The Kier molecular flexibility index (Phi) is 5.14. The van der Waals surface area contributed by atoms with Crippen LogP contribution >= 0.6 is 0 Å². The van der Waals surface area contributed by atoms with E-state index < -0.39 is 16.1 Å². The topological polar surface area (TPSA) is 116 Å². The van der Waals surface area contributed by atoms with Gasteiger partial charge in [0.25, 0.3) is 10.0 Å². The maximum atomic E-state index is 12.8. The maximum Gasteiger partial charge on any atom is 0.262 e. The average molecular weight is 414 g/mol. The van der Waals surface area contributed by atoms with Crippen molar-refractivity contribution in [3.63, 3.8) is 0 Å². The van der Waals surface area contributed by atoms with E-state index in [9.17, 15) is 8.42 Å². The molecule has 0 aromatic carbocycles. The number of nitrogens with zero attached hydrogens (tertiary/aromatic N) is 3. The van der Waals surface area contributed by atoms with Crippen molar-refractivity contribution in [3.05, 3.63) is 59.8 Å². The van der Waals surface area contributed by atoms with E-state index in [1.54, 1.807) is 36.5 Å². The number of anilines is 1. The Morgan fingerprint density at radius 2 is 1.93 bits per heavy atom. The third kappa shape index (κ3) is 3.90. The highest BCUT2D eigenvalue weighted by Gasteiger charge is 2.26. The van der Waals surface area contributed by atoms with Crippen LogP contribution in [0.5, 0.6) is 0 Å². The predicted molar refractivity (Wildman–Crippen MR) is 106 cm³/mol. The van der Waals surface area contributed by atoms with Crippen molar-refractivity contribution in [2.75, 3.05) is 18.9 Å². The van der Waals surface area contributed by atoms with Gasteiger partial charge in [0.15, 0.2) is 11.2 Å². The number of nitrogens with one attached hydrogen (secondary N) is 1. The second-order valence-corrected chi connectivity index (χ2v) is 7.89. The number of ether oxygens (including phenoxy) is 2. The van der Waals surface area contributed by atoms with Gasteiger partial charge in [-0.3, -0.25) is 4.72 Å². The van der Waals surface area contributed by atoms with Crippen LogP contribution in [0.15, 0.2) is 64.2 Å². The standard InChI is InChI=1S/C19H18N4O5S/c1-26-14-6-5-13(11-16(14)27-2)29(24,25)23-17-10-12(7-9-20-17)19-22-18-15(28-19)4-3-8-21-18/h3-11,14,16H,1-2H3,(H,20,23). The second-order valence-electron chi connectivity index (χ2n) is 6.21. The number of oxazole rings is 1. The summed E-state index contributed by atoms with van der Waals surface area (Å²) >= 11 is 0. The number of hydrogen-bond acceptors (Lipinski definition) is 8. The van der Waals surface area contributed by atoms with E-state index in [0.717, 1.165) is 0 Å². The minimum atomic E-state index is -3.87. The van der Waals surface area contributed by atoms with Crippen molar-refractivity contribution in [1.82, 2.24) is 15.0 Å². The Balaban J connectivity index is 1.60. The molecule has 29 heavy (non-hydrogen) atoms. The minimum Gasteiger partial charge on any atom is -0.434 e. The molecule has 1 aliphatic carbocycles. The van der Waals surface area contributed by atoms with Crippen LogP contribution < -0.4 is 4.72 Å². The number of methoxy groups -OCH3 is 2. The Labute approximate surface area is 167 Å². The lowest BCUT2D eigenvalue weighted by Crippen LogP contribution is -2.30. The number of hydrogen-bond donors (Lipinski definition) is 1. The van der Waals surface area contributed by atoms with Gasteiger partial charge in [-0.1, -0.05) is 6.08 Å². The predicted octanol–water partition coefficient (Wildman–Crippen LogP) is 2.51. The van der Waals surface area contributed by atoms with Gasteiger partial charge in [0, 0.05) is 32.2 Å².